The fourth-order valence-electron chi connectivity index (χ4n) is 1.92. The first-order valence-corrected chi connectivity index (χ1v) is 7.56. The molecule has 0 atom stereocenters. The predicted octanol–water partition coefficient (Wildman–Crippen LogP) is 3.68. The van der Waals surface area contributed by atoms with Crippen molar-refractivity contribution in [3.8, 4) is 5.75 Å². The fourth-order valence-corrected chi connectivity index (χ4v) is 1.92. The van der Waals surface area contributed by atoms with E-state index in [2.05, 4.69) is 5.32 Å². The quantitative estimate of drug-likeness (QED) is 0.722. The van der Waals surface area contributed by atoms with Gasteiger partial charge < -0.3 is 14.6 Å². The highest BCUT2D eigenvalue weighted by Crippen LogP contribution is 2.16. The van der Waals surface area contributed by atoms with Gasteiger partial charge in [-0.05, 0) is 36.2 Å². The molecule has 24 heavy (non-hydrogen) atoms. The van der Waals surface area contributed by atoms with Gasteiger partial charge in [0.1, 0.15) is 12.4 Å². The van der Waals surface area contributed by atoms with Gasteiger partial charge >= 0.3 is 12.1 Å². The number of hydrogen-bond donors (Lipinski definition) is 2. The number of benzene rings is 2. The summed E-state index contributed by atoms with van der Waals surface area (Å²) in [5.41, 5.74) is 1.50. The fraction of sp³-hybridized carbons (Fsp3) is 0.222. The molecule has 6 nitrogen and oxygen atoms in total. The van der Waals surface area contributed by atoms with Crippen LogP contribution in [0.15, 0.2) is 54.6 Å². The number of nitrogens with one attached hydrogen (secondary N) is 1. The van der Waals surface area contributed by atoms with Crippen LogP contribution < -0.4 is 10.1 Å². The van der Waals surface area contributed by atoms with E-state index in [1.165, 1.54) is 0 Å². The maximum absolute atomic E-state index is 11.7. The van der Waals surface area contributed by atoms with Gasteiger partial charge in [0, 0.05) is 12.1 Å². The summed E-state index contributed by atoms with van der Waals surface area (Å²) < 4.78 is 10.5. The van der Waals surface area contributed by atoms with Gasteiger partial charge in [0.15, 0.2) is 0 Å². The molecule has 0 aromatic heterocycles. The number of anilines is 1. The van der Waals surface area contributed by atoms with E-state index in [0.29, 0.717) is 24.5 Å². The largest absolute Gasteiger partial charge is 0.494 e. The zero-order chi connectivity index (χ0) is 17.2. The van der Waals surface area contributed by atoms with Gasteiger partial charge in [-0.1, -0.05) is 30.3 Å². The number of carboxylic acids is 1. The molecule has 0 radical (unpaired) electrons. The molecule has 0 saturated heterocycles. The minimum absolute atomic E-state index is 0.0763. The normalized spacial score (nSPS) is 10.0. The first-order valence-electron chi connectivity index (χ1n) is 7.56. The van der Waals surface area contributed by atoms with Crippen molar-refractivity contribution in [3.63, 3.8) is 0 Å². The third kappa shape index (κ3) is 6.39. The van der Waals surface area contributed by atoms with Crippen LogP contribution in [-0.2, 0) is 16.1 Å². The van der Waals surface area contributed by atoms with Crippen LogP contribution in [0.2, 0.25) is 0 Å². The van der Waals surface area contributed by atoms with E-state index in [4.69, 9.17) is 14.6 Å². The lowest BCUT2D eigenvalue weighted by Gasteiger charge is -2.09. The van der Waals surface area contributed by atoms with Crippen LogP contribution in [0, 0.1) is 0 Å². The number of rotatable bonds is 8. The van der Waals surface area contributed by atoms with Gasteiger partial charge in [-0.3, -0.25) is 10.1 Å². The monoisotopic (exact) mass is 329 g/mol. The lowest BCUT2D eigenvalue weighted by Crippen LogP contribution is -2.13. The Morgan fingerprint density at radius 3 is 2.38 bits per heavy atom. The summed E-state index contributed by atoms with van der Waals surface area (Å²) in [5.74, 6) is -0.226. The molecule has 0 fully saturated rings. The van der Waals surface area contributed by atoms with Crippen LogP contribution in [0.5, 0.6) is 5.75 Å². The van der Waals surface area contributed by atoms with E-state index >= 15 is 0 Å². The second-order valence-electron chi connectivity index (χ2n) is 5.06. The van der Waals surface area contributed by atoms with Crippen molar-refractivity contribution in [1.29, 1.82) is 0 Å². The molecule has 1 amide bonds. The van der Waals surface area contributed by atoms with E-state index < -0.39 is 12.1 Å². The van der Waals surface area contributed by atoms with Crippen LogP contribution in [-0.4, -0.2) is 23.8 Å². The van der Waals surface area contributed by atoms with Crippen molar-refractivity contribution in [3.05, 3.63) is 60.2 Å². The maximum atomic E-state index is 11.7. The number of aliphatic carboxylic acids is 1. The maximum Gasteiger partial charge on any atom is 0.411 e. The molecular weight excluding hydrogens is 310 g/mol. The van der Waals surface area contributed by atoms with Gasteiger partial charge in [0.2, 0.25) is 0 Å². The predicted molar refractivity (Wildman–Crippen MR) is 89.1 cm³/mol. The van der Waals surface area contributed by atoms with E-state index in [0.717, 1.165) is 5.56 Å². The van der Waals surface area contributed by atoms with Crippen molar-refractivity contribution in [1.82, 2.24) is 0 Å². The summed E-state index contributed by atoms with van der Waals surface area (Å²) in [6, 6.07) is 16.2. The highest BCUT2D eigenvalue weighted by Gasteiger charge is 2.04. The first kappa shape index (κ1) is 17.3. The molecule has 2 aromatic rings. The van der Waals surface area contributed by atoms with Crippen LogP contribution in [0.1, 0.15) is 18.4 Å². The average molecular weight is 329 g/mol. The Hall–Kier alpha value is -3.02. The number of carbonyl (C=O) groups excluding carboxylic acids is 1. The zero-order valence-corrected chi connectivity index (χ0v) is 13.1. The van der Waals surface area contributed by atoms with E-state index in [9.17, 15) is 9.59 Å². The number of carboxylic acid groups (broad SMARTS) is 1. The third-order valence-electron chi connectivity index (χ3n) is 3.12. The Labute approximate surface area is 140 Å². The summed E-state index contributed by atoms with van der Waals surface area (Å²) in [4.78, 5) is 22.1. The zero-order valence-electron chi connectivity index (χ0n) is 13.1. The van der Waals surface area contributed by atoms with Crippen LogP contribution >= 0.6 is 0 Å². The highest BCUT2D eigenvalue weighted by atomic mass is 16.5. The van der Waals surface area contributed by atoms with Crippen LogP contribution in [0.3, 0.4) is 0 Å². The summed E-state index contributed by atoms with van der Waals surface area (Å²) in [6.45, 7) is 0.537. The minimum Gasteiger partial charge on any atom is -0.494 e. The summed E-state index contributed by atoms with van der Waals surface area (Å²) >= 11 is 0. The van der Waals surface area contributed by atoms with Crippen molar-refractivity contribution < 1.29 is 24.2 Å². The molecule has 0 spiro atoms. The summed E-state index contributed by atoms with van der Waals surface area (Å²) in [5, 5.41) is 11.2. The lowest BCUT2D eigenvalue weighted by atomic mass is 10.2. The van der Waals surface area contributed by atoms with Crippen LogP contribution in [0.25, 0.3) is 0 Å². The Balaban J connectivity index is 1.72. The lowest BCUT2D eigenvalue weighted by molar-refractivity contribution is -0.137. The number of carbonyl (C=O) groups is 2. The minimum atomic E-state index is -0.841. The Kier molecular flexibility index (Phi) is 6.64. The third-order valence-corrected chi connectivity index (χ3v) is 3.12. The van der Waals surface area contributed by atoms with E-state index in [1.54, 1.807) is 24.3 Å². The summed E-state index contributed by atoms with van der Waals surface area (Å²) in [7, 11) is 0. The Morgan fingerprint density at radius 2 is 1.71 bits per heavy atom. The van der Waals surface area contributed by atoms with Crippen molar-refractivity contribution in [2.45, 2.75) is 19.4 Å². The van der Waals surface area contributed by atoms with E-state index in [1.807, 2.05) is 30.3 Å². The molecule has 0 aliphatic heterocycles. The molecule has 6 heteroatoms. The summed E-state index contributed by atoms with van der Waals surface area (Å²) in [6.07, 6.45) is -0.0115. The molecule has 0 heterocycles. The molecule has 126 valence electrons. The highest BCUT2D eigenvalue weighted by molar-refractivity contribution is 5.84. The van der Waals surface area contributed by atoms with Gasteiger partial charge in [-0.15, -0.1) is 0 Å². The molecule has 0 unspecified atom stereocenters. The Bertz CT molecular complexity index is 655. The van der Waals surface area contributed by atoms with Gasteiger partial charge in [0.25, 0.3) is 0 Å². The van der Waals surface area contributed by atoms with Crippen LogP contribution in [0.4, 0.5) is 10.5 Å². The topological polar surface area (TPSA) is 84.9 Å². The molecule has 0 aliphatic rings. The molecule has 2 rings (SSSR count). The molecule has 2 aromatic carbocycles. The van der Waals surface area contributed by atoms with Gasteiger partial charge in [-0.25, -0.2) is 4.79 Å². The number of hydrogen-bond acceptors (Lipinski definition) is 4. The molecule has 2 N–H and O–H groups in total. The molecule has 0 saturated carbocycles. The Morgan fingerprint density at radius 1 is 1.00 bits per heavy atom. The van der Waals surface area contributed by atoms with Gasteiger partial charge in [-0.2, -0.15) is 0 Å². The van der Waals surface area contributed by atoms with Crippen molar-refractivity contribution in [2.75, 3.05) is 11.9 Å². The van der Waals surface area contributed by atoms with Gasteiger partial charge in [0.05, 0.1) is 6.61 Å². The second kappa shape index (κ2) is 9.19. The first-order chi connectivity index (χ1) is 11.6. The van der Waals surface area contributed by atoms with E-state index in [-0.39, 0.29) is 13.0 Å². The van der Waals surface area contributed by atoms with Crippen molar-refractivity contribution in [2.24, 2.45) is 0 Å². The number of amides is 1. The molecule has 0 bridgehead atoms. The number of ether oxygens (including phenoxy) is 2. The van der Waals surface area contributed by atoms with Crippen molar-refractivity contribution >= 4 is 17.7 Å². The molecule has 0 aliphatic carbocycles. The SMILES string of the molecule is O=C(O)CCCOc1ccc(NC(=O)OCc2ccccc2)cc1. The average Bonchev–Trinajstić information content (AvgIpc) is 2.59. The molecular formula is C18H19NO5. The second-order valence-corrected chi connectivity index (χ2v) is 5.06. The smallest absolute Gasteiger partial charge is 0.411 e. The standard InChI is InChI=1S/C18H19NO5/c20-17(21)7-4-12-23-16-10-8-15(9-11-16)19-18(22)24-13-14-5-2-1-3-6-14/h1-3,5-6,8-11H,4,7,12-13H2,(H,19,22)(H,20,21).